The van der Waals surface area contributed by atoms with Crippen molar-refractivity contribution in [2.45, 2.75) is 12.5 Å². The number of hydrogen-bond donors (Lipinski definition) is 1. The van der Waals surface area contributed by atoms with E-state index in [2.05, 4.69) is 17.6 Å². The third kappa shape index (κ3) is 1.23. The Labute approximate surface area is 98.5 Å². The smallest absolute Gasteiger partial charge is 0.129 e. The van der Waals surface area contributed by atoms with Crippen LogP contribution in [0.3, 0.4) is 0 Å². The van der Waals surface area contributed by atoms with Crippen LogP contribution < -0.4 is 0 Å². The summed E-state index contributed by atoms with van der Waals surface area (Å²) in [4.78, 5) is 4.12. The molecule has 0 saturated heterocycles. The Hall–Kier alpha value is -1.29. The minimum Gasteiger partial charge on any atom is -0.323 e. The van der Waals surface area contributed by atoms with Crippen LogP contribution in [0.5, 0.6) is 0 Å². The monoisotopic (exact) mass is 234 g/mol. The standard InChI is InChI=1S/C12H11FN2S/c13-9-3-1-2-8-11-6-14-7-15(11)10(4-5-16)12(8)9/h1-3,6-7,10,16H,4-5H2. The van der Waals surface area contributed by atoms with Crippen molar-refractivity contribution in [3.63, 3.8) is 0 Å². The summed E-state index contributed by atoms with van der Waals surface area (Å²) >= 11 is 4.24. The number of fused-ring (bicyclic) bond motifs is 3. The van der Waals surface area contributed by atoms with Crippen LogP contribution in [-0.4, -0.2) is 15.3 Å². The molecule has 2 heterocycles. The van der Waals surface area contributed by atoms with Gasteiger partial charge in [0.25, 0.3) is 0 Å². The highest BCUT2D eigenvalue weighted by molar-refractivity contribution is 7.80. The second-order valence-electron chi connectivity index (χ2n) is 3.92. The van der Waals surface area contributed by atoms with Crippen molar-refractivity contribution in [2.75, 3.05) is 5.75 Å². The molecule has 4 heteroatoms. The van der Waals surface area contributed by atoms with E-state index < -0.39 is 0 Å². The molecule has 0 amide bonds. The molecular weight excluding hydrogens is 223 g/mol. The van der Waals surface area contributed by atoms with Gasteiger partial charge in [0.05, 0.1) is 24.3 Å². The fourth-order valence-corrected chi connectivity index (χ4v) is 2.65. The fraction of sp³-hybridized carbons (Fsp3) is 0.250. The summed E-state index contributed by atoms with van der Waals surface area (Å²) < 4.78 is 15.9. The molecule has 2 aromatic rings. The van der Waals surface area contributed by atoms with Crippen LogP contribution in [0.15, 0.2) is 30.7 Å². The van der Waals surface area contributed by atoms with E-state index in [0.29, 0.717) is 0 Å². The molecule has 2 nitrogen and oxygen atoms in total. The molecule has 1 aliphatic rings. The fourth-order valence-electron chi connectivity index (χ4n) is 2.41. The lowest BCUT2D eigenvalue weighted by molar-refractivity contribution is 0.543. The molecule has 0 saturated carbocycles. The first-order valence-electron chi connectivity index (χ1n) is 5.24. The highest BCUT2D eigenvalue weighted by Crippen LogP contribution is 2.41. The number of imidazole rings is 1. The third-order valence-electron chi connectivity index (χ3n) is 3.07. The van der Waals surface area contributed by atoms with Gasteiger partial charge in [0.15, 0.2) is 0 Å². The zero-order valence-electron chi connectivity index (χ0n) is 8.60. The van der Waals surface area contributed by atoms with Gasteiger partial charge in [0.2, 0.25) is 0 Å². The molecule has 0 spiro atoms. The van der Waals surface area contributed by atoms with Gasteiger partial charge in [-0.05, 0) is 18.2 Å². The second-order valence-corrected chi connectivity index (χ2v) is 4.36. The topological polar surface area (TPSA) is 17.8 Å². The van der Waals surface area contributed by atoms with Gasteiger partial charge in [-0.15, -0.1) is 0 Å². The Morgan fingerprint density at radius 1 is 1.44 bits per heavy atom. The molecule has 1 aromatic heterocycles. The van der Waals surface area contributed by atoms with E-state index in [0.717, 1.165) is 29.0 Å². The minimum absolute atomic E-state index is 0.0474. The maximum absolute atomic E-state index is 13.8. The highest BCUT2D eigenvalue weighted by Gasteiger charge is 2.30. The van der Waals surface area contributed by atoms with Crippen LogP contribution in [0.2, 0.25) is 0 Å². The summed E-state index contributed by atoms with van der Waals surface area (Å²) in [5, 5.41) is 0. The molecule has 0 aliphatic carbocycles. The Bertz CT molecular complexity index is 536. The zero-order chi connectivity index (χ0) is 11.1. The van der Waals surface area contributed by atoms with Crippen molar-refractivity contribution < 1.29 is 4.39 Å². The molecular formula is C12H11FN2S. The Morgan fingerprint density at radius 3 is 3.12 bits per heavy atom. The molecule has 16 heavy (non-hydrogen) atoms. The average Bonchev–Trinajstić information content (AvgIpc) is 2.83. The van der Waals surface area contributed by atoms with Crippen molar-refractivity contribution in [1.82, 2.24) is 9.55 Å². The van der Waals surface area contributed by atoms with Crippen molar-refractivity contribution in [3.8, 4) is 11.3 Å². The normalized spacial score (nSPS) is 17.2. The number of halogens is 1. The summed E-state index contributed by atoms with van der Waals surface area (Å²) in [6, 6.07) is 5.26. The van der Waals surface area contributed by atoms with Gasteiger partial charge in [-0.3, -0.25) is 0 Å². The molecule has 0 bridgehead atoms. The van der Waals surface area contributed by atoms with Crippen molar-refractivity contribution in [1.29, 1.82) is 0 Å². The maximum atomic E-state index is 13.8. The summed E-state index contributed by atoms with van der Waals surface area (Å²) in [7, 11) is 0. The van der Waals surface area contributed by atoms with Gasteiger partial charge < -0.3 is 4.57 Å². The molecule has 82 valence electrons. The Kier molecular flexibility index (Phi) is 2.24. The molecule has 0 N–H and O–H groups in total. The van der Waals surface area contributed by atoms with E-state index in [9.17, 15) is 4.39 Å². The van der Waals surface area contributed by atoms with Crippen LogP contribution in [0.25, 0.3) is 11.3 Å². The lowest BCUT2D eigenvalue weighted by Gasteiger charge is -2.13. The quantitative estimate of drug-likeness (QED) is 0.791. The number of benzene rings is 1. The highest BCUT2D eigenvalue weighted by atomic mass is 32.1. The zero-order valence-corrected chi connectivity index (χ0v) is 9.49. The summed E-state index contributed by atoms with van der Waals surface area (Å²) in [6.45, 7) is 0. The van der Waals surface area contributed by atoms with Crippen LogP contribution >= 0.6 is 12.6 Å². The molecule has 1 aromatic carbocycles. The molecule has 0 fully saturated rings. The van der Waals surface area contributed by atoms with Crippen molar-refractivity contribution in [3.05, 3.63) is 42.1 Å². The third-order valence-corrected chi connectivity index (χ3v) is 3.32. The van der Waals surface area contributed by atoms with E-state index in [1.807, 2.05) is 10.6 Å². The van der Waals surface area contributed by atoms with E-state index in [1.54, 1.807) is 18.6 Å². The number of aromatic nitrogens is 2. The van der Waals surface area contributed by atoms with Gasteiger partial charge in [-0.2, -0.15) is 12.6 Å². The van der Waals surface area contributed by atoms with Gasteiger partial charge in [-0.25, -0.2) is 9.37 Å². The lowest BCUT2D eigenvalue weighted by Crippen LogP contribution is -2.07. The first-order chi connectivity index (χ1) is 7.83. The Morgan fingerprint density at radius 2 is 2.31 bits per heavy atom. The van der Waals surface area contributed by atoms with E-state index in [4.69, 9.17) is 0 Å². The summed E-state index contributed by atoms with van der Waals surface area (Å²) in [5.74, 6) is 0.601. The predicted octanol–water partition coefficient (Wildman–Crippen LogP) is 2.91. The molecule has 1 atom stereocenters. The summed E-state index contributed by atoms with van der Waals surface area (Å²) in [5.41, 5.74) is 2.75. The van der Waals surface area contributed by atoms with E-state index in [1.165, 1.54) is 6.07 Å². The van der Waals surface area contributed by atoms with Crippen molar-refractivity contribution in [2.24, 2.45) is 0 Å². The Balaban J connectivity index is 2.24. The van der Waals surface area contributed by atoms with Crippen LogP contribution in [0.4, 0.5) is 4.39 Å². The van der Waals surface area contributed by atoms with Crippen molar-refractivity contribution >= 4 is 12.6 Å². The number of rotatable bonds is 2. The van der Waals surface area contributed by atoms with Crippen LogP contribution in [-0.2, 0) is 0 Å². The largest absolute Gasteiger partial charge is 0.323 e. The van der Waals surface area contributed by atoms with E-state index >= 15 is 0 Å². The van der Waals surface area contributed by atoms with Crippen LogP contribution in [0.1, 0.15) is 18.0 Å². The SMILES string of the molecule is Fc1cccc2c1C(CCS)n1cncc1-2. The molecule has 1 unspecified atom stereocenters. The number of nitrogens with zero attached hydrogens (tertiary/aromatic N) is 2. The lowest BCUT2D eigenvalue weighted by atomic mass is 10.0. The number of hydrogen-bond acceptors (Lipinski definition) is 2. The molecule has 1 aliphatic heterocycles. The first kappa shape index (κ1) is 9.90. The minimum atomic E-state index is -0.131. The first-order valence-corrected chi connectivity index (χ1v) is 5.87. The second kappa shape index (κ2) is 3.63. The van der Waals surface area contributed by atoms with Crippen LogP contribution in [0, 0.1) is 5.82 Å². The number of thiol groups is 1. The summed E-state index contributed by atoms with van der Waals surface area (Å²) in [6.07, 6.45) is 4.38. The maximum Gasteiger partial charge on any atom is 0.129 e. The molecule has 0 radical (unpaired) electrons. The molecule has 3 rings (SSSR count). The van der Waals surface area contributed by atoms with Gasteiger partial charge in [-0.1, -0.05) is 12.1 Å². The van der Waals surface area contributed by atoms with Gasteiger partial charge in [0.1, 0.15) is 5.82 Å². The van der Waals surface area contributed by atoms with Gasteiger partial charge >= 0.3 is 0 Å². The predicted molar refractivity (Wildman–Crippen MR) is 64.2 cm³/mol. The average molecular weight is 234 g/mol. The van der Waals surface area contributed by atoms with E-state index in [-0.39, 0.29) is 11.9 Å². The van der Waals surface area contributed by atoms with Gasteiger partial charge in [0, 0.05) is 11.1 Å².